The lowest BCUT2D eigenvalue weighted by Crippen LogP contribution is -2.27. The number of benzene rings is 2. The van der Waals surface area contributed by atoms with Crippen molar-refractivity contribution in [3.05, 3.63) is 53.3 Å². The van der Waals surface area contributed by atoms with E-state index in [9.17, 15) is 4.79 Å². The molecule has 0 saturated heterocycles. The van der Waals surface area contributed by atoms with Crippen LogP contribution in [0, 0.1) is 0 Å². The second-order valence-corrected chi connectivity index (χ2v) is 6.79. The minimum Gasteiger partial charge on any atom is -0.497 e. The zero-order valence-corrected chi connectivity index (χ0v) is 16.8. The maximum absolute atomic E-state index is 12.5. The molecule has 148 valence electrons. The van der Waals surface area contributed by atoms with Crippen molar-refractivity contribution in [2.45, 2.75) is 39.2 Å². The summed E-state index contributed by atoms with van der Waals surface area (Å²) in [5.41, 5.74) is 3.98. The van der Waals surface area contributed by atoms with E-state index < -0.39 is 0 Å². The highest BCUT2D eigenvalue weighted by atomic mass is 16.5. The van der Waals surface area contributed by atoms with Gasteiger partial charge in [-0.15, -0.1) is 0 Å². The summed E-state index contributed by atoms with van der Waals surface area (Å²) in [6.45, 7) is 4.01. The molecule has 0 spiro atoms. The van der Waals surface area contributed by atoms with E-state index in [-0.39, 0.29) is 11.9 Å². The van der Waals surface area contributed by atoms with Gasteiger partial charge in [0, 0.05) is 18.4 Å². The molecular formula is C22H27N3O3. The third-order valence-corrected chi connectivity index (χ3v) is 4.85. The highest BCUT2D eigenvalue weighted by Crippen LogP contribution is 2.29. The van der Waals surface area contributed by atoms with E-state index in [0.29, 0.717) is 12.8 Å². The Morgan fingerprint density at radius 2 is 2.00 bits per heavy atom. The Morgan fingerprint density at radius 3 is 2.71 bits per heavy atom. The van der Waals surface area contributed by atoms with Crippen LogP contribution in [-0.4, -0.2) is 30.1 Å². The summed E-state index contributed by atoms with van der Waals surface area (Å²) in [5, 5.41) is 3.05. The summed E-state index contributed by atoms with van der Waals surface area (Å²) in [4.78, 5) is 20.3. The first-order chi connectivity index (χ1) is 13.5. The molecule has 3 rings (SSSR count). The summed E-state index contributed by atoms with van der Waals surface area (Å²) in [6.07, 6.45) is 1.96. The normalized spacial score (nSPS) is 12.0. The summed E-state index contributed by atoms with van der Waals surface area (Å²) < 4.78 is 10.7. The first-order valence-electron chi connectivity index (χ1n) is 9.52. The smallest absolute Gasteiger partial charge is 0.220 e. The van der Waals surface area contributed by atoms with Crippen LogP contribution in [0.2, 0.25) is 0 Å². The Hall–Kier alpha value is -3.02. The van der Waals surface area contributed by atoms with Gasteiger partial charge < -0.3 is 19.8 Å². The lowest BCUT2D eigenvalue weighted by atomic mass is 10.1. The zero-order valence-electron chi connectivity index (χ0n) is 16.8. The first kappa shape index (κ1) is 19.7. The van der Waals surface area contributed by atoms with Gasteiger partial charge in [0.15, 0.2) is 0 Å². The molecule has 6 nitrogen and oxygen atoms in total. The fourth-order valence-corrected chi connectivity index (χ4v) is 3.26. The number of amides is 1. The number of ether oxygens (including phenoxy) is 2. The molecule has 2 aromatic carbocycles. The van der Waals surface area contributed by atoms with Gasteiger partial charge in [0.05, 0.1) is 31.3 Å². The number of aryl methyl sites for hydroxylation is 2. The Bertz CT molecular complexity index is 965. The fraction of sp³-hybridized carbons (Fsp3) is 0.364. The maximum Gasteiger partial charge on any atom is 0.220 e. The SMILES string of the molecule is CCc1nc2ccc(CCC(=O)N[C@@H](C)c3cc(OC)ccc3OC)cc2[nH]1. The fourth-order valence-electron chi connectivity index (χ4n) is 3.26. The Labute approximate surface area is 165 Å². The van der Waals surface area contributed by atoms with Crippen LogP contribution in [0.25, 0.3) is 11.0 Å². The highest BCUT2D eigenvalue weighted by molar-refractivity contribution is 5.78. The van der Waals surface area contributed by atoms with Crippen molar-refractivity contribution in [3.8, 4) is 11.5 Å². The number of hydrogen-bond donors (Lipinski definition) is 2. The molecule has 3 aromatic rings. The zero-order chi connectivity index (χ0) is 20.1. The number of hydrogen-bond acceptors (Lipinski definition) is 4. The van der Waals surface area contributed by atoms with E-state index in [1.807, 2.05) is 37.3 Å². The predicted molar refractivity (Wildman–Crippen MR) is 110 cm³/mol. The molecule has 1 aromatic heterocycles. The molecule has 0 aliphatic carbocycles. The number of fused-ring (bicyclic) bond motifs is 1. The molecule has 28 heavy (non-hydrogen) atoms. The van der Waals surface area contributed by atoms with Crippen molar-refractivity contribution >= 4 is 16.9 Å². The second kappa shape index (κ2) is 8.78. The number of carbonyl (C=O) groups is 1. The van der Waals surface area contributed by atoms with Crippen LogP contribution >= 0.6 is 0 Å². The lowest BCUT2D eigenvalue weighted by molar-refractivity contribution is -0.121. The van der Waals surface area contributed by atoms with Crippen molar-refractivity contribution in [2.24, 2.45) is 0 Å². The average molecular weight is 381 g/mol. The van der Waals surface area contributed by atoms with Crippen LogP contribution in [0.4, 0.5) is 0 Å². The summed E-state index contributed by atoms with van der Waals surface area (Å²) >= 11 is 0. The molecule has 0 aliphatic heterocycles. The van der Waals surface area contributed by atoms with Crippen molar-refractivity contribution < 1.29 is 14.3 Å². The van der Waals surface area contributed by atoms with E-state index in [4.69, 9.17) is 9.47 Å². The van der Waals surface area contributed by atoms with Crippen molar-refractivity contribution in [1.82, 2.24) is 15.3 Å². The molecule has 0 aliphatic rings. The maximum atomic E-state index is 12.5. The molecule has 6 heteroatoms. The second-order valence-electron chi connectivity index (χ2n) is 6.79. The molecule has 1 amide bonds. The van der Waals surface area contributed by atoms with Gasteiger partial charge in [0.2, 0.25) is 5.91 Å². The van der Waals surface area contributed by atoms with E-state index in [2.05, 4.69) is 28.3 Å². The third-order valence-electron chi connectivity index (χ3n) is 4.85. The Balaban J connectivity index is 1.62. The van der Waals surface area contributed by atoms with Crippen LogP contribution in [0.1, 0.15) is 43.3 Å². The molecular weight excluding hydrogens is 354 g/mol. The minimum absolute atomic E-state index is 0.00340. The van der Waals surface area contributed by atoms with Crippen molar-refractivity contribution in [3.63, 3.8) is 0 Å². The van der Waals surface area contributed by atoms with E-state index >= 15 is 0 Å². The van der Waals surface area contributed by atoms with Gasteiger partial charge in [-0.05, 0) is 49.2 Å². The number of nitrogens with one attached hydrogen (secondary N) is 2. The lowest BCUT2D eigenvalue weighted by Gasteiger charge is -2.18. The van der Waals surface area contributed by atoms with Gasteiger partial charge in [0.1, 0.15) is 17.3 Å². The molecule has 0 bridgehead atoms. The number of methoxy groups -OCH3 is 2. The van der Waals surface area contributed by atoms with Crippen LogP contribution in [0.5, 0.6) is 11.5 Å². The van der Waals surface area contributed by atoms with Gasteiger partial charge in [-0.1, -0.05) is 13.0 Å². The largest absolute Gasteiger partial charge is 0.497 e. The first-order valence-corrected chi connectivity index (χ1v) is 9.52. The molecule has 0 saturated carbocycles. The van der Waals surface area contributed by atoms with Crippen LogP contribution in [0.15, 0.2) is 36.4 Å². The number of carbonyl (C=O) groups excluding carboxylic acids is 1. The van der Waals surface area contributed by atoms with Gasteiger partial charge in [-0.2, -0.15) is 0 Å². The molecule has 0 unspecified atom stereocenters. The number of nitrogens with zero attached hydrogens (tertiary/aromatic N) is 1. The van der Waals surface area contributed by atoms with Crippen LogP contribution in [0.3, 0.4) is 0 Å². The predicted octanol–water partition coefficient (Wildman–Crippen LogP) is 3.95. The number of aromatic nitrogens is 2. The number of imidazole rings is 1. The highest BCUT2D eigenvalue weighted by Gasteiger charge is 2.15. The van der Waals surface area contributed by atoms with Gasteiger partial charge in [0.25, 0.3) is 0 Å². The standard InChI is InChI=1S/C22H27N3O3/c1-5-21-24-18-9-6-15(12-19(18)25-21)7-11-22(26)23-14(2)17-13-16(27-3)8-10-20(17)28-4/h6,8-10,12-14H,5,7,11H2,1-4H3,(H,23,26)(H,24,25)/t14-/m0/s1. The van der Waals surface area contributed by atoms with Gasteiger partial charge in [-0.3, -0.25) is 4.79 Å². The Morgan fingerprint density at radius 1 is 1.18 bits per heavy atom. The number of aromatic amines is 1. The third kappa shape index (κ3) is 4.44. The monoisotopic (exact) mass is 381 g/mol. The molecule has 0 radical (unpaired) electrons. The summed E-state index contributed by atoms with van der Waals surface area (Å²) in [6, 6.07) is 11.5. The van der Waals surface area contributed by atoms with Gasteiger partial charge >= 0.3 is 0 Å². The summed E-state index contributed by atoms with van der Waals surface area (Å²) in [5.74, 6) is 2.43. The van der Waals surface area contributed by atoms with Gasteiger partial charge in [-0.25, -0.2) is 4.98 Å². The molecule has 1 atom stereocenters. The average Bonchev–Trinajstić information content (AvgIpc) is 3.14. The molecule has 0 fully saturated rings. The van der Waals surface area contributed by atoms with Crippen molar-refractivity contribution in [1.29, 1.82) is 0 Å². The van der Waals surface area contributed by atoms with E-state index in [0.717, 1.165) is 45.9 Å². The van der Waals surface area contributed by atoms with Crippen molar-refractivity contribution in [2.75, 3.05) is 14.2 Å². The summed E-state index contributed by atoms with van der Waals surface area (Å²) in [7, 11) is 3.24. The number of rotatable bonds is 8. The van der Waals surface area contributed by atoms with E-state index in [1.165, 1.54) is 0 Å². The number of H-pyrrole nitrogens is 1. The van der Waals surface area contributed by atoms with Crippen LogP contribution < -0.4 is 14.8 Å². The quantitative estimate of drug-likeness (QED) is 0.619. The van der Waals surface area contributed by atoms with E-state index in [1.54, 1.807) is 14.2 Å². The van der Waals surface area contributed by atoms with Crippen LogP contribution in [-0.2, 0) is 17.6 Å². The minimum atomic E-state index is -0.181. The molecule has 1 heterocycles. The Kier molecular flexibility index (Phi) is 6.19. The topological polar surface area (TPSA) is 76.2 Å². The molecule has 2 N–H and O–H groups in total.